The van der Waals surface area contributed by atoms with E-state index >= 15 is 0 Å². The monoisotopic (exact) mass is 246 g/mol. The summed E-state index contributed by atoms with van der Waals surface area (Å²) in [4.78, 5) is 14.1. The van der Waals surface area contributed by atoms with Gasteiger partial charge in [0.05, 0.1) is 6.04 Å². The zero-order chi connectivity index (χ0) is 13.1. The Balaban J connectivity index is 1.99. The number of hydrogen-bond donors (Lipinski definition) is 1. The molecule has 0 aliphatic carbocycles. The molecule has 1 heterocycles. The van der Waals surface area contributed by atoms with Crippen LogP contribution in [0.1, 0.15) is 24.5 Å². The van der Waals surface area contributed by atoms with Gasteiger partial charge in [-0.3, -0.25) is 4.79 Å². The van der Waals surface area contributed by atoms with E-state index in [1.165, 1.54) is 11.1 Å². The maximum atomic E-state index is 12.3. The summed E-state index contributed by atoms with van der Waals surface area (Å²) in [5.74, 6) is 0.652. The highest BCUT2D eigenvalue weighted by Crippen LogP contribution is 2.17. The molecular weight excluding hydrogens is 224 g/mol. The van der Waals surface area contributed by atoms with E-state index in [0.29, 0.717) is 12.5 Å². The van der Waals surface area contributed by atoms with E-state index in [0.717, 1.165) is 13.0 Å². The van der Waals surface area contributed by atoms with Gasteiger partial charge in [-0.2, -0.15) is 0 Å². The van der Waals surface area contributed by atoms with E-state index in [9.17, 15) is 4.79 Å². The van der Waals surface area contributed by atoms with Crippen LogP contribution in [0.15, 0.2) is 24.3 Å². The maximum Gasteiger partial charge on any atom is 0.240 e. The van der Waals surface area contributed by atoms with Gasteiger partial charge in [-0.1, -0.05) is 36.8 Å². The predicted octanol–water partition coefficient (Wildman–Crippen LogP) is 1.95. The molecule has 3 nitrogen and oxygen atoms in total. The molecule has 1 N–H and O–H groups in total. The van der Waals surface area contributed by atoms with Crippen molar-refractivity contribution in [3.05, 3.63) is 35.4 Å². The van der Waals surface area contributed by atoms with Crippen LogP contribution in [0.25, 0.3) is 0 Å². The van der Waals surface area contributed by atoms with Crippen LogP contribution >= 0.6 is 0 Å². The van der Waals surface area contributed by atoms with Crippen LogP contribution < -0.4 is 5.32 Å². The minimum Gasteiger partial charge on any atom is -0.340 e. The number of hydrogen-bond acceptors (Lipinski definition) is 2. The maximum absolute atomic E-state index is 12.3. The SMILES string of the molecule is Cc1cccc(CN(C)C(=O)C2NCCC2C)c1. The molecule has 0 aromatic heterocycles. The second-order valence-corrected chi connectivity index (χ2v) is 5.38. The van der Waals surface area contributed by atoms with E-state index in [2.05, 4.69) is 37.4 Å². The fourth-order valence-electron chi connectivity index (χ4n) is 2.56. The first-order valence-corrected chi connectivity index (χ1v) is 6.62. The van der Waals surface area contributed by atoms with Crippen molar-refractivity contribution >= 4 is 5.91 Å². The molecule has 1 saturated heterocycles. The van der Waals surface area contributed by atoms with Gasteiger partial charge in [-0.25, -0.2) is 0 Å². The fourth-order valence-corrected chi connectivity index (χ4v) is 2.56. The highest BCUT2D eigenvalue weighted by Gasteiger charge is 2.31. The average Bonchev–Trinajstić information content (AvgIpc) is 2.74. The van der Waals surface area contributed by atoms with Crippen molar-refractivity contribution in [3.63, 3.8) is 0 Å². The van der Waals surface area contributed by atoms with Gasteiger partial charge in [-0.05, 0) is 31.4 Å². The predicted molar refractivity (Wildman–Crippen MR) is 73.2 cm³/mol. The third-order valence-electron chi connectivity index (χ3n) is 3.68. The summed E-state index contributed by atoms with van der Waals surface area (Å²) in [7, 11) is 1.89. The topological polar surface area (TPSA) is 32.3 Å². The Bertz CT molecular complexity index is 430. The van der Waals surface area contributed by atoms with Gasteiger partial charge < -0.3 is 10.2 Å². The summed E-state index contributed by atoms with van der Waals surface area (Å²) in [6.07, 6.45) is 1.09. The van der Waals surface area contributed by atoms with Crippen LogP contribution in [0.3, 0.4) is 0 Å². The summed E-state index contributed by atoms with van der Waals surface area (Å²) in [5.41, 5.74) is 2.43. The average molecular weight is 246 g/mol. The van der Waals surface area contributed by atoms with Crippen LogP contribution in [0, 0.1) is 12.8 Å². The number of nitrogens with zero attached hydrogens (tertiary/aromatic N) is 1. The Morgan fingerprint density at radius 1 is 1.50 bits per heavy atom. The third-order valence-corrected chi connectivity index (χ3v) is 3.68. The first-order valence-electron chi connectivity index (χ1n) is 6.62. The Kier molecular flexibility index (Phi) is 4.02. The number of aryl methyl sites for hydroxylation is 1. The van der Waals surface area contributed by atoms with Crippen molar-refractivity contribution in [2.45, 2.75) is 32.9 Å². The lowest BCUT2D eigenvalue weighted by Crippen LogP contribution is -2.43. The van der Waals surface area contributed by atoms with E-state index in [4.69, 9.17) is 0 Å². The second-order valence-electron chi connectivity index (χ2n) is 5.38. The number of carbonyl (C=O) groups is 1. The third kappa shape index (κ3) is 2.91. The molecular formula is C15H22N2O. The van der Waals surface area contributed by atoms with Crippen LogP contribution in [0.2, 0.25) is 0 Å². The standard InChI is InChI=1S/C15H22N2O/c1-11-5-4-6-13(9-11)10-17(3)15(18)14-12(2)7-8-16-14/h4-6,9,12,14,16H,7-8,10H2,1-3H3. The molecule has 2 rings (SSSR count). The molecule has 2 atom stereocenters. The lowest BCUT2D eigenvalue weighted by molar-refractivity contribution is -0.133. The molecule has 0 saturated carbocycles. The van der Waals surface area contributed by atoms with Gasteiger partial charge in [0.1, 0.15) is 0 Å². The smallest absolute Gasteiger partial charge is 0.240 e. The van der Waals surface area contributed by atoms with Crippen LogP contribution in [-0.2, 0) is 11.3 Å². The van der Waals surface area contributed by atoms with E-state index in [-0.39, 0.29) is 11.9 Å². The minimum absolute atomic E-state index is 0.000177. The number of benzene rings is 1. The number of likely N-dealkylation sites (N-methyl/N-ethyl adjacent to an activating group) is 1. The Labute approximate surface area is 109 Å². The molecule has 1 aliphatic rings. The molecule has 0 spiro atoms. The lowest BCUT2D eigenvalue weighted by atomic mass is 10.0. The van der Waals surface area contributed by atoms with Crippen molar-refractivity contribution in [2.75, 3.05) is 13.6 Å². The largest absolute Gasteiger partial charge is 0.340 e. The molecule has 1 fully saturated rings. The lowest BCUT2D eigenvalue weighted by Gasteiger charge is -2.23. The van der Waals surface area contributed by atoms with Crippen molar-refractivity contribution in [2.24, 2.45) is 5.92 Å². The summed E-state index contributed by atoms with van der Waals surface area (Å²) >= 11 is 0. The second kappa shape index (κ2) is 5.53. The Morgan fingerprint density at radius 2 is 2.28 bits per heavy atom. The van der Waals surface area contributed by atoms with Crippen molar-refractivity contribution in [1.82, 2.24) is 10.2 Å². The number of rotatable bonds is 3. The van der Waals surface area contributed by atoms with Crippen molar-refractivity contribution < 1.29 is 4.79 Å². The minimum atomic E-state index is -0.000177. The van der Waals surface area contributed by atoms with Crippen LogP contribution in [0.5, 0.6) is 0 Å². The molecule has 0 radical (unpaired) electrons. The fraction of sp³-hybridized carbons (Fsp3) is 0.533. The summed E-state index contributed by atoms with van der Waals surface area (Å²) in [6.45, 7) is 5.86. The highest BCUT2D eigenvalue weighted by molar-refractivity contribution is 5.82. The normalized spacial score (nSPS) is 23.1. The van der Waals surface area contributed by atoms with Crippen LogP contribution in [0.4, 0.5) is 0 Å². The molecule has 3 heteroatoms. The quantitative estimate of drug-likeness (QED) is 0.884. The molecule has 1 aromatic carbocycles. The number of carbonyl (C=O) groups excluding carboxylic acids is 1. The molecule has 1 aliphatic heterocycles. The zero-order valence-corrected chi connectivity index (χ0v) is 11.4. The van der Waals surface area contributed by atoms with Gasteiger partial charge in [0.2, 0.25) is 5.91 Å². The summed E-state index contributed by atoms with van der Waals surface area (Å²) in [5, 5.41) is 3.29. The Hall–Kier alpha value is -1.35. The Morgan fingerprint density at radius 3 is 2.89 bits per heavy atom. The zero-order valence-electron chi connectivity index (χ0n) is 11.4. The van der Waals surface area contributed by atoms with E-state index in [1.807, 2.05) is 18.0 Å². The van der Waals surface area contributed by atoms with Gasteiger partial charge in [-0.15, -0.1) is 0 Å². The van der Waals surface area contributed by atoms with E-state index in [1.54, 1.807) is 0 Å². The van der Waals surface area contributed by atoms with Gasteiger partial charge in [0, 0.05) is 13.6 Å². The van der Waals surface area contributed by atoms with Crippen LogP contribution in [-0.4, -0.2) is 30.4 Å². The van der Waals surface area contributed by atoms with Crippen molar-refractivity contribution in [1.29, 1.82) is 0 Å². The first kappa shape index (κ1) is 13.1. The molecule has 98 valence electrons. The molecule has 1 amide bonds. The molecule has 18 heavy (non-hydrogen) atoms. The molecule has 1 aromatic rings. The number of nitrogens with one attached hydrogen (secondary N) is 1. The van der Waals surface area contributed by atoms with Gasteiger partial charge >= 0.3 is 0 Å². The first-order chi connectivity index (χ1) is 8.58. The molecule has 0 bridgehead atoms. The summed E-state index contributed by atoms with van der Waals surface area (Å²) < 4.78 is 0. The summed E-state index contributed by atoms with van der Waals surface area (Å²) in [6, 6.07) is 8.32. The van der Waals surface area contributed by atoms with Gasteiger partial charge in [0.25, 0.3) is 0 Å². The number of amides is 1. The highest BCUT2D eigenvalue weighted by atomic mass is 16.2. The van der Waals surface area contributed by atoms with Gasteiger partial charge in [0.15, 0.2) is 0 Å². The van der Waals surface area contributed by atoms with E-state index < -0.39 is 0 Å². The molecule has 2 unspecified atom stereocenters. The van der Waals surface area contributed by atoms with Crippen molar-refractivity contribution in [3.8, 4) is 0 Å².